The van der Waals surface area contributed by atoms with Crippen LogP contribution in [0.1, 0.15) is 82.1 Å². The van der Waals surface area contributed by atoms with Gasteiger partial charge in [0.25, 0.3) is 0 Å². The van der Waals surface area contributed by atoms with E-state index in [4.69, 9.17) is 0 Å². The summed E-state index contributed by atoms with van der Waals surface area (Å²) in [6.45, 7) is 9.08. The van der Waals surface area contributed by atoms with Gasteiger partial charge in [-0.25, -0.2) is 0 Å². The van der Waals surface area contributed by atoms with Gasteiger partial charge >= 0.3 is 0 Å². The maximum Gasteiger partial charge on any atom is 0.167 e. The van der Waals surface area contributed by atoms with Crippen LogP contribution in [0.15, 0.2) is 41.5 Å². The average molecular weight is 387 g/mol. The van der Waals surface area contributed by atoms with Gasteiger partial charge < -0.3 is 10.2 Å². The highest BCUT2D eigenvalue weighted by Gasteiger charge is 2.15. The van der Waals surface area contributed by atoms with Gasteiger partial charge in [-0.15, -0.1) is 0 Å². The van der Waals surface area contributed by atoms with Crippen molar-refractivity contribution >= 4 is 11.6 Å². The molecule has 0 aliphatic carbocycles. The summed E-state index contributed by atoms with van der Waals surface area (Å²) in [6.07, 6.45) is 7.41. The predicted octanol–water partition coefficient (Wildman–Crippen LogP) is 5.46. The van der Waals surface area contributed by atoms with Gasteiger partial charge in [0.1, 0.15) is 5.75 Å². The van der Waals surface area contributed by atoms with Crippen LogP contribution in [0.3, 0.4) is 0 Å². The monoisotopic (exact) mass is 386 g/mol. The van der Waals surface area contributed by atoms with Crippen LogP contribution >= 0.6 is 0 Å². The van der Waals surface area contributed by atoms with Gasteiger partial charge in [-0.1, -0.05) is 29.9 Å². The van der Waals surface area contributed by atoms with Gasteiger partial charge in [-0.3, -0.25) is 9.59 Å². The number of aromatic hydroxyl groups is 1. The van der Waals surface area contributed by atoms with E-state index in [1.165, 1.54) is 5.57 Å². The van der Waals surface area contributed by atoms with E-state index in [-0.39, 0.29) is 17.3 Å². The number of carbonyl (C=O) groups excluding carboxylic acids is 2. The van der Waals surface area contributed by atoms with Crippen LogP contribution in [0, 0.1) is 6.92 Å². The van der Waals surface area contributed by atoms with E-state index in [2.05, 4.69) is 0 Å². The largest absolute Gasteiger partial charge is 0.507 e. The smallest absolute Gasteiger partial charge is 0.167 e. The molecule has 0 aromatic heterocycles. The fraction of sp³-hybridized carbons (Fsp3) is 0.500. The van der Waals surface area contributed by atoms with E-state index in [0.717, 1.165) is 24.0 Å². The summed E-state index contributed by atoms with van der Waals surface area (Å²) < 4.78 is 0. The highest BCUT2D eigenvalue weighted by atomic mass is 16.3. The molecular formula is C24H34O4. The molecule has 4 heteroatoms. The Kier molecular flexibility index (Phi) is 9.33. The topological polar surface area (TPSA) is 74.6 Å². The van der Waals surface area contributed by atoms with Crippen LogP contribution in [0.4, 0.5) is 0 Å². The maximum absolute atomic E-state index is 12.3. The molecule has 154 valence electrons. The highest BCUT2D eigenvalue weighted by Crippen LogP contribution is 2.23. The Hall–Kier alpha value is -2.20. The minimum absolute atomic E-state index is 0.0422. The predicted molar refractivity (Wildman–Crippen MR) is 114 cm³/mol. The number of benzene rings is 1. The summed E-state index contributed by atoms with van der Waals surface area (Å²) in [5.74, 6) is 0.0701. The second-order valence-electron chi connectivity index (χ2n) is 8.14. The van der Waals surface area contributed by atoms with Crippen molar-refractivity contribution in [3.63, 3.8) is 0 Å². The normalized spacial score (nSPS) is 12.9. The lowest BCUT2D eigenvalue weighted by Crippen LogP contribution is -2.20. The summed E-state index contributed by atoms with van der Waals surface area (Å²) in [5.41, 5.74) is 2.30. The third-order valence-electron chi connectivity index (χ3n) is 4.79. The number of phenols is 1. The molecule has 0 aliphatic rings. The SMILES string of the molecule is C/C(=C\CCC(=O)c1c(C)cccc1O)CC/C=C(\C)C(=O)CCC(C)(C)O. The van der Waals surface area contributed by atoms with Crippen LogP contribution in [0.5, 0.6) is 5.75 Å². The van der Waals surface area contributed by atoms with Crippen molar-refractivity contribution in [2.45, 2.75) is 78.7 Å². The molecule has 2 N–H and O–H groups in total. The first-order valence-electron chi connectivity index (χ1n) is 9.91. The molecule has 0 amide bonds. The molecule has 0 spiro atoms. The number of Topliss-reactive ketones (excluding diaryl/α,β-unsaturated/α-hetero) is 2. The number of carbonyl (C=O) groups is 2. The second-order valence-corrected chi connectivity index (χ2v) is 8.14. The molecule has 28 heavy (non-hydrogen) atoms. The minimum atomic E-state index is -0.818. The molecule has 0 fully saturated rings. The fourth-order valence-corrected chi connectivity index (χ4v) is 2.94. The van der Waals surface area contributed by atoms with Gasteiger partial charge in [-0.05, 0) is 77.5 Å². The standard InChI is InChI=1S/C24H34O4/c1-17(9-6-11-18(2)20(25)15-16-24(4,5)28)10-7-13-21(26)23-19(3)12-8-14-22(23)27/h8,10-12,14,27-28H,6-7,9,13,15-16H2,1-5H3/b17-10+,18-11+. The van der Waals surface area contributed by atoms with E-state index in [1.807, 2.05) is 39.0 Å². The van der Waals surface area contributed by atoms with Crippen molar-refractivity contribution in [3.8, 4) is 5.75 Å². The van der Waals surface area contributed by atoms with E-state index in [0.29, 0.717) is 31.2 Å². The zero-order valence-corrected chi connectivity index (χ0v) is 17.8. The molecule has 0 atom stereocenters. The summed E-state index contributed by atoms with van der Waals surface area (Å²) in [4.78, 5) is 24.4. The van der Waals surface area contributed by atoms with Crippen LogP contribution < -0.4 is 0 Å². The lowest BCUT2D eigenvalue weighted by molar-refractivity contribution is -0.116. The number of rotatable bonds is 11. The Morgan fingerprint density at radius 3 is 2.29 bits per heavy atom. The molecule has 0 unspecified atom stereocenters. The van der Waals surface area contributed by atoms with Gasteiger partial charge in [0.05, 0.1) is 11.2 Å². The Morgan fingerprint density at radius 2 is 1.68 bits per heavy atom. The summed E-state index contributed by atoms with van der Waals surface area (Å²) in [5, 5.41) is 19.6. The third kappa shape index (κ3) is 8.66. The van der Waals surface area contributed by atoms with Crippen LogP contribution in [0.2, 0.25) is 0 Å². The van der Waals surface area contributed by atoms with E-state index >= 15 is 0 Å². The van der Waals surface area contributed by atoms with Gasteiger partial charge in [0.2, 0.25) is 0 Å². The third-order valence-corrected chi connectivity index (χ3v) is 4.79. The number of ketones is 2. The quantitative estimate of drug-likeness (QED) is 0.301. The zero-order chi connectivity index (χ0) is 21.3. The first kappa shape index (κ1) is 23.8. The van der Waals surface area contributed by atoms with Crippen LogP contribution in [0.25, 0.3) is 0 Å². The number of aliphatic hydroxyl groups is 1. The molecule has 0 radical (unpaired) electrons. The number of aryl methyl sites for hydroxylation is 1. The first-order valence-corrected chi connectivity index (χ1v) is 9.91. The number of hydrogen-bond acceptors (Lipinski definition) is 4. The van der Waals surface area contributed by atoms with Gasteiger partial charge in [0.15, 0.2) is 11.6 Å². The van der Waals surface area contributed by atoms with Gasteiger partial charge in [-0.2, -0.15) is 0 Å². The molecule has 0 saturated heterocycles. The van der Waals surface area contributed by atoms with Crippen molar-refractivity contribution in [2.75, 3.05) is 0 Å². The Balaban J connectivity index is 2.44. The van der Waals surface area contributed by atoms with E-state index < -0.39 is 5.60 Å². The Morgan fingerprint density at radius 1 is 1.04 bits per heavy atom. The van der Waals surface area contributed by atoms with Crippen molar-refractivity contribution in [1.29, 1.82) is 0 Å². The first-order chi connectivity index (χ1) is 13.0. The molecule has 4 nitrogen and oxygen atoms in total. The molecule has 1 rings (SSSR count). The summed E-state index contributed by atoms with van der Waals surface area (Å²) >= 11 is 0. The highest BCUT2D eigenvalue weighted by molar-refractivity contribution is 6.00. The van der Waals surface area contributed by atoms with Crippen LogP contribution in [-0.4, -0.2) is 27.4 Å². The van der Waals surface area contributed by atoms with Crippen molar-refractivity contribution in [2.24, 2.45) is 0 Å². The average Bonchev–Trinajstić information content (AvgIpc) is 2.58. The summed E-state index contributed by atoms with van der Waals surface area (Å²) in [7, 11) is 0. The van der Waals surface area contributed by atoms with E-state index in [1.54, 1.807) is 26.0 Å². The van der Waals surface area contributed by atoms with E-state index in [9.17, 15) is 19.8 Å². The molecule has 1 aromatic carbocycles. The molecule has 1 aromatic rings. The van der Waals surface area contributed by atoms with Gasteiger partial charge in [0, 0.05) is 12.8 Å². The molecule has 0 bridgehead atoms. The maximum atomic E-state index is 12.3. The molecular weight excluding hydrogens is 352 g/mol. The van der Waals surface area contributed by atoms with Crippen molar-refractivity contribution < 1.29 is 19.8 Å². The zero-order valence-electron chi connectivity index (χ0n) is 17.8. The van der Waals surface area contributed by atoms with Crippen LogP contribution in [-0.2, 0) is 4.79 Å². The lowest BCUT2D eigenvalue weighted by atomic mass is 9.97. The number of allylic oxidation sites excluding steroid dienone is 4. The lowest BCUT2D eigenvalue weighted by Gasteiger charge is -2.15. The van der Waals surface area contributed by atoms with Crippen molar-refractivity contribution in [1.82, 2.24) is 0 Å². The fourth-order valence-electron chi connectivity index (χ4n) is 2.94. The molecule has 0 saturated carbocycles. The molecule has 0 aliphatic heterocycles. The number of phenolic OH excluding ortho intramolecular Hbond substituents is 1. The number of hydrogen-bond donors (Lipinski definition) is 2. The van der Waals surface area contributed by atoms with Crippen molar-refractivity contribution in [3.05, 3.63) is 52.6 Å². The molecule has 0 heterocycles. The Labute approximate surface area is 169 Å². The second kappa shape index (κ2) is 11.0. The minimum Gasteiger partial charge on any atom is -0.507 e. The summed E-state index contributed by atoms with van der Waals surface area (Å²) in [6, 6.07) is 5.10. The Bertz CT molecular complexity index is 728.